The van der Waals surface area contributed by atoms with Gasteiger partial charge in [-0.2, -0.15) is 4.98 Å². The Kier molecular flexibility index (Phi) is 2.69. The molecule has 1 heterocycles. The van der Waals surface area contributed by atoms with Crippen LogP contribution in [0.2, 0.25) is 0 Å². The number of anilines is 1. The van der Waals surface area contributed by atoms with Crippen LogP contribution in [0.15, 0.2) is 34.2 Å². The molecule has 1 aromatic heterocycles. The maximum Gasteiger partial charge on any atom is 0.279 e. The van der Waals surface area contributed by atoms with Gasteiger partial charge in [-0.3, -0.25) is 0 Å². The number of hydrogen-bond donors (Lipinski definition) is 1. The van der Waals surface area contributed by atoms with Crippen LogP contribution in [0.3, 0.4) is 0 Å². The van der Waals surface area contributed by atoms with Crippen molar-refractivity contribution in [3.63, 3.8) is 0 Å². The molecule has 0 bridgehead atoms. The van der Waals surface area contributed by atoms with Crippen LogP contribution in [0.25, 0.3) is 0 Å². The van der Waals surface area contributed by atoms with E-state index < -0.39 is 0 Å². The quantitative estimate of drug-likeness (QED) is 0.853. The molecule has 0 unspecified atom stereocenters. The van der Waals surface area contributed by atoms with E-state index in [2.05, 4.69) is 20.9 Å². The smallest absolute Gasteiger partial charge is 0.279 e. The van der Waals surface area contributed by atoms with Crippen LogP contribution in [0.5, 0.6) is 10.9 Å². The van der Waals surface area contributed by atoms with E-state index >= 15 is 0 Å². The molecule has 3 nitrogen and oxygen atoms in total. The Bertz CT molecular complexity index is 444. The molecule has 2 aromatic rings. The number of benzene rings is 1. The Morgan fingerprint density at radius 3 is 2.93 bits per heavy atom. The van der Waals surface area contributed by atoms with E-state index in [0.717, 1.165) is 4.60 Å². The molecule has 0 amide bonds. The van der Waals surface area contributed by atoms with Crippen molar-refractivity contribution in [2.45, 2.75) is 0 Å². The van der Waals surface area contributed by atoms with E-state index in [-0.39, 0.29) is 0 Å². The van der Waals surface area contributed by atoms with Gasteiger partial charge >= 0.3 is 0 Å². The van der Waals surface area contributed by atoms with Gasteiger partial charge in [-0.1, -0.05) is 17.4 Å². The molecule has 0 spiro atoms. The fourth-order valence-electron chi connectivity index (χ4n) is 0.965. The van der Waals surface area contributed by atoms with Crippen LogP contribution in [0.1, 0.15) is 0 Å². The lowest BCUT2D eigenvalue weighted by molar-refractivity contribution is 0.478. The minimum Gasteiger partial charge on any atom is -0.431 e. The van der Waals surface area contributed by atoms with Gasteiger partial charge in [-0.05, 0) is 28.1 Å². The summed E-state index contributed by atoms with van der Waals surface area (Å²) in [4.78, 5) is 4.11. The minimum atomic E-state index is 0.600. The summed E-state index contributed by atoms with van der Waals surface area (Å²) in [6.07, 6.45) is 0. The molecule has 14 heavy (non-hydrogen) atoms. The zero-order chi connectivity index (χ0) is 9.97. The topological polar surface area (TPSA) is 48.1 Å². The van der Waals surface area contributed by atoms with Gasteiger partial charge in [0.25, 0.3) is 5.19 Å². The van der Waals surface area contributed by atoms with Gasteiger partial charge in [0.1, 0.15) is 10.4 Å². The van der Waals surface area contributed by atoms with Crippen LogP contribution in [0, 0.1) is 0 Å². The monoisotopic (exact) mass is 270 g/mol. The lowest BCUT2D eigenvalue weighted by Gasteiger charge is -2.01. The molecule has 0 atom stereocenters. The Labute approximate surface area is 93.7 Å². The summed E-state index contributed by atoms with van der Waals surface area (Å²) in [5, 5.41) is 2.46. The first-order valence-electron chi connectivity index (χ1n) is 3.88. The van der Waals surface area contributed by atoms with Crippen molar-refractivity contribution in [3.8, 4) is 10.9 Å². The van der Waals surface area contributed by atoms with Gasteiger partial charge in [0.15, 0.2) is 0 Å². The largest absolute Gasteiger partial charge is 0.431 e. The highest BCUT2D eigenvalue weighted by molar-refractivity contribution is 9.10. The molecule has 0 saturated heterocycles. The van der Waals surface area contributed by atoms with Crippen LogP contribution >= 0.6 is 27.3 Å². The Balaban J connectivity index is 2.18. The maximum absolute atomic E-state index is 5.61. The van der Waals surface area contributed by atoms with Gasteiger partial charge in [0.2, 0.25) is 0 Å². The molecule has 0 fully saturated rings. The summed E-state index contributed by atoms with van der Waals surface area (Å²) in [6.45, 7) is 0. The van der Waals surface area contributed by atoms with Gasteiger partial charge in [0.05, 0.1) is 0 Å². The summed E-state index contributed by atoms with van der Waals surface area (Å²) >= 11 is 4.68. The normalized spacial score (nSPS) is 10.1. The molecule has 5 heteroatoms. The predicted molar refractivity (Wildman–Crippen MR) is 60.7 cm³/mol. The predicted octanol–water partition coefficient (Wildman–Crippen LogP) is 3.28. The highest BCUT2D eigenvalue weighted by Gasteiger charge is 2.01. The summed E-state index contributed by atoms with van der Waals surface area (Å²) in [7, 11) is 0. The van der Waals surface area contributed by atoms with Gasteiger partial charge in [0, 0.05) is 17.1 Å². The van der Waals surface area contributed by atoms with Crippen LogP contribution < -0.4 is 10.5 Å². The first-order valence-corrected chi connectivity index (χ1v) is 5.56. The number of nitrogens with two attached hydrogens (primary N) is 1. The average molecular weight is 271 g/mol. The first kappa shape index (κ1) is 9.48. The van der Waals surface area contributed by atoms with Gasteiger partial charge < -0.3 is 10.5 Å². The van der Waals surface area contributed by atoms with E-state index in [1.807, 2.05) is 23.6 Å². The minimum absolute atomic E-state index is 0.600. The van der Waals surface area contributed by atoms with E-state index in [1.165, 1.54) is 11.3 Å². The SMILES string of the molecule is Nc1cccc(Oc2nc(Br)cs2)c1. The molecule has 1 aromatic carbocycles. The number of ether oxygens (including phenoxy) is 1. The summed E-state index contributed by atoms with van der Waals surface area (Å²) in [5.41, 5.74) is 6.29. The van der Waals surface area contributed by atoms with Crippen molar-refractivity contribution in [1.82, 2.24) is 4.98 Å². The molecule has 72 valence electrons. The summed E-state index contributed by atoms with van der Waals surface area (Å²) in [5.74, 6) is 0.701. The molecule has 0 saturated carbocycles. The lowest BCUT2D eigenvalue weighted by Crippen LogP contribution is -1.86. The van der Waals surface area contributed by atoms with E-state index in [0.29, 0.717) is 16.6 Å². The number of hydrogen-bond acceptors (Lipinski definition) is 4. The third kappa shape index (κ3) is 2.24. The molecule has 2 N–H and O–H groups in total. The third-order valence-electron chi connectivity index (χ3n) is 1.52. The molecule has 0 aliphatic heterocycles. The van der Waals surface area contributed by atoms with Gasteiger partial charge in [-0.25, -0.2) is 0 Å². The Morgan fingerprint density at radius 1 is 1.43 bits per heavy atom. The Hall–Kier alpha value is -1.07. The molecule has 0 aliphatic rings. The molecule has 2 rings (SSSR count). The molecule has 0 radical (unpaired) electrons. The zero-order valence-electron chi connectivity index (χ0n) is 7.11. The zero-order valence-corrected chi connectivity index (χ0v) is 9.51. The number of nitrogen functional groups attached to an aromatic ring is 1. The standard InChI is InChI=1S/C9H7BrN2OS/c10-8-5-14-9(12-8)13-7-3-1-2-6(11)4-7/h1-5H,11H2. The first-order chi connectivity index (χ1) is 6.74. The highest BCUT2D eigenvalue weighted by atomic mass is 79.9. The summed E-state index contributed by atoms with van der Waals surface area (Å²) < 4.78 is 6.26. The van der Waals surface area contributed by atoms with E-state index in [1.54, 1.807) is 6.07 Å². The van der Waals surface area contributed by atoms with Crippen molar-refractivity contribution in [2.24, 2.45) is 0 Å². The Morgan fingerprint density at radius 2 is 2.29 bits per heavy atom. The van der Waals surface area contributed by atoms with Crippen LogP contribution in [-0.2, 0) is 0 Å². The second kappa shape index (κ2) is 3.98. The van der Waals surface area contributed by atoms with Crippen molar-refractivity contribution >= 4 is 33.0 Å². The third-order valence-corrected chi connectivity index (χ3v) is 2.94. The lowest BCUT2D eigenvalue weighted by atomic mass is 10.3. The fraction of sp³-hybridized carbons (Fsp3) is 0. The molecular weight excluding hydrogens is 264 g/mol. The van der Waals surface area contributed by atoms with E-state index in [4.69, 9.17) is 10.5 Å². The van der Waals surface area contributed by atoms with Crippen molar-refractivity contribution < 1.29 is 4.74 Å². The van der Waals surface area contributed by atoms with Crippen LogP contribution in [0.4, 0.5) is 5.69 Å². The number of thiazole rings is 1. The number of nitrogens with zero attached hydrogens (tertiary/aromatic N) is 1. The number of rotatable bonds is 2. The molecule has 0 aliphatic carbocycles. The van der Waals surface area contributed by atoms with Crippen molar-refractivity contribution in [2.75, 3.05) is 5.73 Å². The second-order valence-electron chi connectivity index (χ2n) is 2.61. The molecular formula is C9H7BrN2OS. The fourth-order valence-corrected chi connectivity index (χ4v) is 2.07. The van der Waals surface area contributed by atoms with Crippen LogP contribution in [-0.4, -0.2) is 4.98 Å². The van der Waals surface area contributed by atoms with E-state index in [9.17, 15) is 0 Å². The second-order valence-corrected chi connectivity index (χ2v) is 4.24. The number of halogens is 1. The highest BCUT2D eigenvalue weighted by Crippen LogP contribution is 2.27. The average Bonchev–Trinajstić information content (AvgIpc) is 2.51. The van der Waals surface area contributed by atoms with Crippen molar-refractivity contribution in [3.05, 3.63) is 34.2 Å². The van der Waals surface area contributed by atoms with Gasteiger partial charge in [-0.15, -0.1) is 0 Å². The summed E-state index contributed by atoms with van der Waals surface area (Å²) in [6, 6.07) is 7.25. The van der Waals surface area contributed by atoms with Crippen molar-refractivity contribution in [1.29, 1.82) is 0 Å². The maximum atomic E-state index is 5.61. The number of aromatic nitrogens is 1.